The Balaban J connectivity index is 1.60. The van der Waals surface area contributed by atoms with Crippen molar-refractivity contribution in [3.8, 4) is 11.5 Å². The molecule has 0 unspecified atom stereocenters. The summed E-state index contributed by atoms with van der Waals surface area (Å²) in [7, 11) is 0. The number of halogens is 1. The quantitative estimate of drug-likeness (QED) is 0.684. The van der Waals surface area contributed by atoms with Crippen molar-refractivity contribution in [2.24, 2.45) is 0 Å². The molecule has 0 atom stereocenters. The Morgan fingerprint density at radius 2 is 1.54 bits per heavy atom. The Bertz CT molecular complexity index is 817. The van der Waals surface area contributed by atoms with E-state index in [-0.39, 0.29) is 5.91 Å². The molecular weight excluding hydrogens is 322 g/mol. The Labute approximate surface area is 145 Å². The van der Waals surface area contributed by atoms with Crippen LogP contribution in [0.3, 0.4) is 0 Å². The third-order valence-electron chi connectivity index (χ3n) is 3.41. The average molecular weight is 338 g/mol. The van der Waals surface area contributed by atoms with Crippen LogP contribution in [0.25, 0.3) is 0 Å². The van der Waals surface area contributed by atoms with E-state index in [1.54, 1.807) is 36.4 Å². The molecule has 3 rings (SSSR count). The van der Waals surface area contributed by atoms with Crippen molar-refractivity contribution in [3.05, 3.63) is 89.4 Å². The summed E-state index contributed by atoms with van der Waals surface area (Å²) in [6.07, 6.45) is 0.346. The molecule has 0 aliphatic heterocycles. The van der Waals surface area contributed by atoms with E-state index in [9.17, 15) is 4.79 Å². The van der Waals surface area contributed by atoms with Gasteiger partial charge in [-0.2, -0.15) is 0 Å². The molecule has 1 amide bonds. The van der Waals surface area contributed by atoms with Gasteiger partial charge in [0.1, 0.15) is 11.5 Å². The van der Waals surface area contributed by atoms with Gasteiger partial charge in [0.25, 0.3) is 0 Å². The first-order chi connectivity index (χ1) is 11.7. The van der Waals surface area contributed by atoms with Gasteiger partial charge in [-0.1, -0.05) is 54.1 Å². The molecule has 0 aliphatic rings. The lowest BCUT2D eigenvalue weighted by molar-refractivity contribution is -0.115. The summed E-state index contributed by atoms with van der Waals surface area (Å²) in [6, 6.07) is 24.1. The molecule has 3 aromatic carbocycles. The summed E-state index contributed by atoms with van der Waals surface area (Å²) in [4.78, 5) is 12.0. The maximum absolute atomic E-state index is 12.0. The van der Waals surface area contributed by atoms with Crippen molar-refractivity contribution >= 4 is 23.2 Å². The van der Waals surface area contributed by atoms with Gasteiger partial charge < -0.3 is 10.1 Å². The lowest BCUT2D eigenvalue weighted by atomic mass is 10.1. The lowest BCUT2D eigenvalue weighted by Crippen LogP contribution is -2.14. The zero-order valence-electron chi connectivity index (χ0n) is 12.9. The SMILES string of the molecule is O=C(Cc1ccccc1)Nc1ccc(Oc2ccccc2Cl)cc1. The second-order valence-corrected chi connectivity index (χ2v) is 5.67. The number of rotatable bonds is 5. The Hall–Kier alpha value is -2.78. The van der Waals surface area contributed by atoms with Crippen LogP contribution < -0.4 is 10.1 Å². The number of benzene rings is 3. The first-order valence-electron chi connectivity index (χ1n) is 7.57. The number of nitrogens with one attached hydrogen (secondary N) is 1. The van der Waals surface area contributed by atoms with Gasteiger partial charge in [-0.3, -0.25) is 4.79 Å². The Morgan fingerprint density at radius 3 is 2.25 bits per heavy atom. The Morgan fingerprint density at radius 1 is 0.875 bits per heavy atom. The average Bonchev–Trinajstić information content (AvgIpc) is 2.59. The first kappa shape index (κ1) is 16.1. The van der Waals surface area contributed by atoms with Crippen LogP contribution in [0.15, 0.2) is 78.9 Å². The van der Waals surface area contributed by atoms with Crippen LogP contribution in [-0.4, -0.2) is 5.91 Å². The van der Waals surface area contributed by atoms with E-state index in [2.05, 4.69) is 5.32 Å². The molecule has 0 aromatic heterocycles. The molecule has 0 heterocycles. The number of carbonyl (C=O) groups excluding carboxylic acids is 1. The van der Waals surface area contributed by atoms with E-state index < -0.39 is 0 Å². The largest absolute Gasteiger partial charge is 0.456 e. The lowest BCUT2D eigenvalue weighted by Gasteiger charge is -2.09. The predicted molar refractivity (Wildman–Crippen MR) is 96.7 cm³/mol. The summed E-state index contributed by atoms with van der Waals surface area (Å²) in [5.41, 5.74) is 1.70. The molecular formula is C20H16ClNO2. The molecule has 0 radical (unpaired) electrons. The van der Waals surface area contributed by atoms with Crippen LogP contribution in [0.1, 0.15) is 5.56 Å². The van der Waals surface area contributed by atoms with Gasteiger partial charge in [-0.05, 0) is 42.0 Å². The van der Waals surface area contributed by atoms with Crippen molar-refractivity contribution in [2.75, 3.05) is 5.32 Å². The van der Waals surface area contributed by atoms with Crippen molar-refractivity contribution < 1.29 is 9.53 Å². The van der Waals surface area contributed by atoms with Gasteiger partial charge in [-0.15, -0.1) is 0 Å². The van der Waals surface area contributed by atoms with E-state index >= 15 is 0 Å². The smallest absolute Gasteiger partial charge is 0.228 e. The zero-order valence-corrected chi connectivity index (χ0v) is 13.7. The van der Waals surface area contributed by atoms with Gasteiger partial charge in [0.15, 0.2) is 0 Å². The van der Waals surface area contributed by atoms with Crippen LogP contribution in [0.4, 0.5) is 5.69 Å². The van der Waals surface area contributed by atoms with E-state index in [1.807, 2.05) is 42.5 Å². The maximum atomic E-state index is 12.0. The highest BCUT2D eigenvalue weighted by Gasteiger charge is 2.05. The van der Waals surface area contributed by atoms with Crippen LogP contribution in [0.5, 0.6) is 11.5 Å². The molecule has 120 valence electrons. The van der Waals surface area contributed by atoms with Gasteiger partial charge in [0, 0.05) is 5.69 Å². The van der Waals surface area contributed by atoms with Crippen LogP contribution in [-0.2, 0) is 11.2 Å². The normalized spacial score (nSPS) is 10.2. The van der Waals surface area contributed by atoms with E-state index in [0.717, 1.165) is 11.3 Å². The summed E-state index contributed by atoms with van der Waals surface area (Å²) in [5.74, 6) is 1.20. The fraction of sp³-hybridized carbons (Fsp3) is 0.0500. The van der Waals surface area contributed by atoms with Crippen LogP contribution in [0, 0.1) is 0 Å². The molecule has 4 heteroatoms. The van der Waals surface area contributed by atoms with Crippen LogP contribution >= 0.6 is 11.6 Å². The topological polar surface area (TPSA) is 38.3 Å². The second-order valence-electron chi connectivity index (χ2n) is 5.27. The number of hydrogen-bond donors (Lipinski definition) is 1. The van der Waals surface area contributed by atoms with E-state index in [4.69, 9.17) is 16.3 Å². The number of amides is 1. The monoisotopic (exact) mass is 337 g/mol. The Kier molecular flexibility index (Phi) is 5.14. The summed E-state index contributed by atoms with van der Waals surface area (Å²) < 4.78 is 5.72. The minimum Gasteiger partial charge on any atom is -0.456 e. The molecule has 1 N–H and O–H groups in total. The highest BCUT2D eigenvalue weighted by molar-refractivity contribution is 6.32. The number of ether oxygens (including phenoxy) is 1. The molecule has 0 aliphatic carbocycles. The zero-order chi connectivity index (χ0) is 16.8. The molecule has 0 saturated heterocycles. The van der Waals surface area contributed by atoms with Gasteiger partial charge in [0.05, 0.1) is 11.4 Å². The van der Waals surface area contributed by atoms with Gasteiger partial charge >= 0.3 is 0 Å². The minimum absolute atomic E-state index is 0.0547. The van der Waals surface area contributed by atoms with E-state index in [1.165, 1.54) is 0 Å². The standard InChI is InChI=1S/C20H16ClNO2/c21-18-8-4-5-9-19(18)24-17-12-10-16(11-13-17)22-20(23)14-15-6-2-1-3-7-15/h1-13H,14H2,(H,22,23). The summed E-state index contributed by atoms with van der Waals surface area (Å²) in [6.45, 7) is 0. The molecule has 0 fully saturated rings. The number of hydrogen-bond acceptors (Lipinski definition) is 2. The van der Waals surface area contributed by atoms with Gasteiger partial charge in [0.2, 0.25) is 5.91 Å². The molecule has 0 bridgehead atoms. The fourth-order valence-electron chi connectivity index (χ4n) is 2.25. The van der Waals surface area contributed by atoms with Crippen molar-refractivity contribution in [2.45, 2.75) is 6.42 Å². The number of para-hydroxylation sites is 1. The number of anilines is 1. The van der Waals surface area contributed by atoms with Crippen molar-refractivity contribution in [1.82, 2.24) is 0 Å². The summed E-state index contributed by atoms with van der Waals surface area (Å²) >= 11 is 6.07. The second kappa shape index (κ2) is 7.66. The first-order valence-corrected chi connectivity index (χ1v) is 7.95. The molecule has 0 saturated carbocycles. The third kappa shape index (κ3) is 4.37. The molecule has 24 heavy (non-hydrogen) atoms. The van der Waals surface area contributed by atoms with E-state index in [0.29, 0.717) is 22.9 Å². The van der Waals surface area contributed by atoms with Crippen LogP contribution in [0.2, 0.25) is 5.02 Å². The fourth-order valence-corrected chi connectivity index (χ4v) is 2.42. The third-order valence-corrected chi connectivity index (χ3v) is 3.72. The predicted octanol–water partition coefficient (Wildman–Crippen LogP) is 5.31. The maximum Gasteiger partial charge on any atom is 0.228 e. The highest BCUT2D eigenvalue weighted by atomic mass is 35.5. The highest BCUT2D eigenvalue weighted by Crippen LogP contribution is 2.29. The molecule has 3 aromatic rings. The van der Waals surface area contributed by atoms with Crippen molar-refractivity contribution in [1.29, 1.82) is 0 Å². The molecule has 3 nitrogen and oxygen atoms in total. The van der Waals surface area contributed by atoms with Crippen molar-refractivity contribution in [3.63, 3.8) is 0 Å². The minimum atomic E-state index is -0.0547. The van der Waals surface area contributed by atoms with Gasteiger partial charge in [-0.25, -0.2) is 0 Å². The number of carbonyl (C=O) groups is 1. The molecule has 0 spiro atoms. The summed E-state index contributed by atoms with van der Waals surface area (Å²) in [5, 5.41) is 3.43.